The second-order valence-electron chi connectivity index (χ2n) is 5.15. The molecule has 0 aliphatic carbocycles. The van der Waals surface area contributed by atoms with Crippen molar-refractivity contribution in [1.29, 1.82) is 0 Å². The molecule has 0 aliphatic heterocycles. The van der Waals surface area contributed by atoms with E-state index in [9.17, 15) is 0 Å². The summed E-state index contributed by atoms with van der Waals surface area (Å²) in [4.78, 5) is 4.57. The Morgan fingerprint density at radius 2 is 2.19 bits per heavy atom. The van der Waals surface area contributed by atoms with Crippen molar-refractivity contribution in [2.45, 2.75) is 39.2 Å². The van der Waals surface area contributed by atoms with E-state index < -0.39 is 0 Å². The largest absolute Gasteiger partial charge is 0.313 e. The second kappa shape index (κ2) is 8.28. The van der Waals surface area contributed by atoms with Crippen LogP contribution in [0.25, 0.3) is 0 Å². The van der Waals surface area contributed by atoms with Crippen molar-refractivity contribution in [2.24, 2.45) is 0 Å². The van der Waals surface area contributed by atoms with Gasteiger partial charge in [-0.25, -0.2) is 4.98 Å². The van der Waals surface area contributed by atoms with Gasteiger partial charge >= 0.3 is 0 Å². The maximum absolute atomic E-state index is 6.34. The quantitative estimate of drug-likeness (QED) is 0.721. The lowest BCUT2D eigenvalue weighted by Crippen LogP contribution is -2.34. The first-order valence-corrected chi connectivity index (χ1v) is 9.22. The van der Waals surface area contributed by atoms with Gasteiger partial charge in [0, 0.05) is 27.3 Å². The van der Waals surface area contributed by atoms with Crippen LogP contribution >= 0.6 is 38.9 Å². The molecular formula is C16H20BrClN2S. The summed E-state index contributed by atoms with van der Waals surface area (Å²) in [6.45, 7) is 5.25. The first kappa shape index (κ1) is 16.9. The minimum absolute atomic E-state index is 0.366. The molecule has 2 nitrogen and oxygen atoms in total. The van der Waals surface area contributed by atoms with Crippen molar-refractivity contribution in [1.82, 2.24) is 10.3 Å². The number of aryl methyl sites for hydroxylation is 1. The lowest BCUT2D eigenvalue weighted by Gasteiger charge is -2.18. The number of nitrogens with zero attached hydrogens (tertiary/aromatic N) is 1. The fraction of sp³-hybridized carbons (Fsp3) is 0.438. The van der Waals surface area contributed by atoms with Gasteiger partial charge in [0.1, 0.15) is 0 Å². The van der Waals surface area contributed by atoms with Crippen LogP contribution in [-0.2, 0) is 12.8 Å². The lowest BCUT2D eigenvalue weighted by molar-refractivity contribution is 0.501. The van der Waals surface area contributed by atoms with Crippen molar-refractivity contribution < 1.29 is 0 Å². The predicted molar refractivity (Wildman–Crippen MR) is 95.5 cm³/mol. The minimum atomic E-state index is 0.366. The van der Waals surface area contributed by atoms with Gasteiger partial charge in [-0.1, -0.05) is 40.5 Å². The van der Waals surface area contributed by atoms with Crippen molar-refractivity contribution in [3.8, 4) is 0 Å². The molecule has 0 aliphatic rings. The third-order valence-electron chi connectivity index (χ3n) is 3.29. The molecule has 0 radical (unpaired) electrons. The summed E-state index contributed by atoms with van der Waals surface area (Å²) in [6.07, 6.45) is 2.99. The molecule has 1 unspecified atom stereocenters. The van der Waals surface area contributed by atoms with Gasteiger partial charge in [-0.15, -0.1) is 11.3 Å². The standard InChI is InChI=1S/C16H20BrClN2S/c1-3-6-19-14(9-15-10-21-11(2)20-15)7-12-4-5-13(17)8-16(12)18/h4-5,8,10,14,19H,3,6-7,9H2,1-2H3. The van der Waals surface area contributed by atoms with Gasteiger partial charge in [0.05, 0.1) is 10.7 Å². The molecule has 1 aromatic carbocycles. The Balaban J connectivity index is 2.08. The predicted octanol–water partition coefficient (Wildman–Crippen LogP) is 5.02. The molecule has 1 atom stereocenters. The highest BCUT2D eigenvalue weighted by Gasteiger charge is 2.13. The summed E-state index contributed by atoms with van der Waals surface area (Å²) in [5, 5.41) is 7.71. The number of hydrogen-bond donors (Lipinski definition) is 1. The van der Waals surface area contributed by atoms with E-state index in [1.54, 1.807) is 11.3 Å². The molecule has 0 saturated carbocycles. The van der Waals surface area contributed by atoms with Gasteiger partial charge in [0.15, 0.2) is 0 Å². The molecule has 5 heteroatoms. The van der Waals surface area contributed by atoms with Crippen LogP contribution in [0.3, 0.4) is 0 Å². The van der Waals surface area contributed by atoms with Crippen LogP contribution in [0, 0.1) is 6.92 Å². The third kappa shape index (κ3) is 5.37. The molecule has 0 fully saturated rings. The summed E-state index contributed by atoms with van der Waals surface area (Å²) >= 11 is 11.5. The van der Waals surface area contributed by atoms with E-state index >= 15 is 0 Å². The van der Waals surface area contributed by atoms with Gasteiger partial charge in [-0.05, 0) is 44.0 Å². The number of nitrogens with one attached hydrogen (secondary N) is 1. The zero-order valence-corrected chi connectivity index (χ0v) is 15.5. The van der Waals surface area contributed by atoms with Crippen LogP contribution in [-0.4, -0.2) is 17.6 Å². The molecule has 2 aromatic rings. The molecule has 0 amide bonds. The lowest BCUT2D eigenvalue weighted by atomic mass is 10.0. The topological polar surface area (TPSA) is 24.9 Å². The van der Waals surface area contributed by atoms with Crippen molar-refractivity contribution in [2.75, 3.05) is 6.54 Å². The van der Waals surface area contributed by atoms with E-state index in [0.717, 1.165) is 40.3 Å². The Hall–Kier alpha value is -0.420. The highest BCUT2D eigenvalue weighted by atomic mass is 79.9. The van der Waals surface area contributed by atoms with E-state index in [0.29, 0.717) is 6.04 Å². The van der Waals surface area contributed by atoms with E-state index in [4.69, 9.17) is 11.6 Å². The molecular weight excluding hydrogens is 368 g/mol. The summed E-state index contributed by atoms with van der Waals surface area (Å²) in [6, 6.07) is 6.47. The Labute approximate surface area is 144 Å². The summed E-state index contributed by atoms with van der Waals surface area (Å²) in [5.41, 5.74) is 2.35. The number of aromatic nitrogens is 1. The maximum Gasteiger partial charge on any atom is 0.0897 e. The van der Waals surface area contributed by atoms with Gasteiger partial charge in [0.2, 0.25) is 0 Å². The van der Waals surface area contributed by atoms with Crippen LogP contribution in [0.2, 0.25) is 5.02 Å². The van der Waals surface area contributed by atoms with Crippen LogP contribution in [0.1, 0.15) is 29.6 Å². The molecule has 0 bridgehead atoms. The number of halogens is 2. The second-order valence-corrected chi connectivity index (χ2v) is 7.54. The van der Waals surface area contributed by atoms with Crippen molar-refractivity contribution >= 4 is 38.9 Å². The number of hydrogen-bond acceptors (Lipinski definition) is 3. The SMILES string of the molecule is CCCNC(Cc1csc(C)n1)Cc1ccc(Br)cc1Cl. The number of rotatable bonds is 7. The Morgan fingerprint density at radius 1 is 1.38 bits per heavy atom. The van der Waals surface area contributed by atoms with Gasteiger partial charge in [-0.2, -0.15) is 0 Å². The first-order valence-electron chi connectivity index (χ1n) is 7.16. The normalized spacial score (nSPS) is 12.6. The molecule has 1 aromatic heterocycles. The number of benzene rings is 1. The minimum Gasteiger partial charge on any atom is -0.313 e. The van der Waals surface area contributed by atoms with Crippen LogP contribution in [0.4, 0.5) is 0 Å². The fourth-order valence-corrected chi connectivity index (χ4v) is 3.65. The molecule has 114 valence electrons. The maximum atomic E-state index is 6.34. The van der Waals surface area contributed by atoms with Gasteiger partial charge in [-0.3, -0.25) is 0 Å². The van der Waals surface area contributed by atoms with Crippen LogP contribution in [0.15, 0.2) is 28.1 Å². The molecule has 1 heterocycles. The van der Waals surface area contributed by atoms with Crippen LogP contribution < -0.4 is 5.32 Å². The zero-order valence-electron chi connectivity index (χ0n) is 12.3. The molecule has 1 N–H and O–H groups in total. The molecule has 0 spiro atoms. The van der Waals surface area contributed by atoms with Crippen LogP contribution in [0.5, 0.6) is 0 Å². The first-order chi connectivity index (χ1) is 10.1. The number of thiazole rings is 1. The Kier molecular flexibility index (Phi) is 6.68. The highest BCUT2D eigenvalue weighted by molar-refractivity contribution is 9.10. The highest BCUT2D eigenvalue weighted by Crippen LogP contribution is 2.23. The summed E-state index contributed by atoms with van der Waals surface area (Å²) in [7, 11) is 0. The molecule has 2 rings (SSSR count). The zero-order chi connectivity index (χ0) is 15.2. The third-order valence-corrected chi connectivity index (χ3v) is 4.95. The average Bonchev–Trinajstić information content (AvgIpc) is 2.84. The smallest absolute Gasteiger partial charge is 0.0897 e. The summed E-state index contributed by atoms with van der Waals surface area (Å²) in [5.74, 6) is 0. The van der Waals surface area contributed by atoms with E-state index in [2.05, 4.69) is 44.6 Å². The monoisotopic (exact) mass is 386 g/mol. The van der Waals surface area contributed by atoms with E-state index in [-0.39, 0.29) is 0 Å². The van der Waals surface area contributed by atoms with E-state index in [1.807, 2.05) is 19.1 Å². The Bertz CT molecular complexity index is 585. The fourth-order valence-electron chi connectivity index (χ4n) is 2.27. The average molecular weight is 388 g/mol. The molecule has 21 heavy (non-hydrogen) atoms. The van der Waals surface area contributed by atoms with Crippen molar-refractivity contribution in [3.63, 3.8) is 0 Å². The van der Waals surface area contributed by atoms with Gasteiger partial charge < -0.3 is 5.32 Å². The van der Waals surface area contributed by atoms with E-state index in [1.165, 1.54) is 11.3 Å². The van der Waals surface area contributed by atoms with Gasteiger partial charge in [0.25, 0.3) is 0 Å². The Morgan fingerprint density at radius 3 is 2.81 bits per heavy atom. The van der Waals surface area contributed by atoms with Crippen molar-refractivity contribution in [3.05, 3.63) is 49.3 Å². The summed E-state index contributed by atoms with van der Waals surface area (Å²) < 4.78 is 1.02. The molecule has 0 saturated heterocycles.